The van der Waals surface area contributed by atoms with Crippen LogP contribution in [0.4, 0.5) is 31.1 Å². The Morgan fingerprint density at radius 2 is 1.31 bits per heavy atom. The molecule has 1 fully saturated rings. The molecule has 7 nitrogen and oxygen atoms in total. The normalized spacial score (nSPS) is 16.5. The molecule has 36 heavy (non-hydrogen) atoms. The van der Waals surface area contributed by atoms with Crippen LogP contribution in [0, 0.1) is 5.92 Å². The smallest absolute Gasteiger partial charge is 0.340 e. The van der Waals surface area contributed by atoms with E-state index < -0.39 is 52.8 Å². The fraction of sp³-hybridized carbons (Fsp3) is 0.609. The van der Waals surface area contributed by atoms with E-state index in [1.807, 2.05) is 0 Å². The molecule has 1 aliphatic heterocycles. The van der Waals surface area contributed by atoms with Gasteiger partial charge in [0.2, 0.25) is 5.91 Å². The van der Waals surface area contributed by atoms with Crippen LogP contribution in [-0.2, 0) is 17.1 Å². The number of hydrogen-bond donors (Lipinski definition) is 2. The summed E-state index contributed by atoms with van der Waals surface area (Å²) in [4.78, 5) is 41.1. The van der Waals surface area contributed by atoms with Crippen LogP contribution < -0.4 is 10.6 Å². The number of urea groups is 1. The van der Waals surface area contributed by atoms with Gasteiger partial charge in [0, 0.05) is 37.8 Å². The van der Waals surface area contributed by atoms with E-state index in [1.54, 1.807) is 27.7 Å². The summed E-state index contributed by atoms with van der Waals surface area (Å²) in [5.74, 6) is -2.21. The highest BCUT2D eigenvalue weighted by molar-refractivity contribution is 5.98. The van der Waals surface area contributed by atoms with Crippen molar-refractivity contribution in [1.82, 2.24) is 20.4 Å². The predicted octanol–water partition coefficient (Wildman–Crippen LogP) is 4.13. The average Bonchev–Trinajstić information content (AvgIpc) is 2.79. The summed E-state index contributed by atoms with van der Waals surface area (Å²) < 4.78 is 79.1. The highest BCUT2D eigenvalue weighted by atomic mass is 19.4. The summed E-state index contributed by atoms with van der Waals surface area (Å²) in [6.45, 7) is 7.77. The highest BCUT2D eigenvalue weighted by Crippen LogP contribution is 2.36. The van der Waals surface area contributed by atoms with E-state index in [0.29, 0.717) is 18.6 Å². The molecule has 1 heterocycles. The van der Waals surface area contributed by atoms with Crippen molar-refractivity contribution in [2.45, 2.75) is 58.6 Å². The average molecular weight is 525 g/mol. The lowest BCUT2D eigenvalue weighted by Crippen LogP contribution is -2.58. The fourth-order valence-corrected chi connectivity index (χ4v) is 3.66. The molecule has 2 atom stereocenters. The highest BCUT2D eigenvalue weighted by Gasteiger charge is 2.38. The molecule has 1 aliphatic rings. The van der Waals surface area contributed by atoms with Crippen LogP contribution in [0.3, 0.4) is 0 Å². The molecular weight excluding hydrogens is 494 g/mol. The van der Waals surface area contributed by atoms with Crippen molar-refractivity contribution < 1.29 is 40.7 Å². The molecule has 2 N–H and O–H groups in total. The van der Waals surface area contributed by atoms with Crippen LogP contribution in [0.5, 0.6) is 0 Å². The number of nitrogens with one attached hydrogen (secondary N) is 2. The molecule has 0 aliphatic carbocycles. The lowest BCUT2D eigenvalue weighted by Gasteiger charge is -2.37. The van der Waals surface area contributed by atoms with Crippen LogP contribution in [0.1, 0.15) is 55.6 Å². The number of rotatable bonds is 6. The van der Waals surface area contributed by atoms with Gasteiger partial charge in [-0.05, 0) is 38.0 Å². The number of alkyl halides is 6. The maximum atomic E-state index is 13.2. The van der Waals surface area contributed by atoms with E-state index >= 15 is 0 Å². The van der Waals surface area contributed by atoms with E-state index in [1.165, 1.54) is 9.80 Å². The Labute approximate surface area is 205 Å². The number of nitrogens with zero attached hydrogens (tertiary/aromatic N) is 2. The summed E-state index contributed by atoms with van der Waals surface area (Å²) in [5, 5.41) is 5.09. The fourth-order valence-electron chi connectivity index (χ4n) is 3.66. The van der Waals surface area contributed by atoms with Crippen LogP contribution in [0.25, 0.3) is 0 Å². The summed E-state index contributed by atoms with van der Waals surface area (Å²) in [5.41, 5.74) is -4.09. The Bertz CT molecular complexity index is 924. The van der Waals surface area contributed by atoms with Gasteiger partial charge in [0.25, 0.3) is 5.91 Å². The van der Waals surface area contributed by atoms with Crippen molar-refractivity contribution in [1.29, 1.82) is 0 Å². The van der Waals surface area contributed by atoms with Crippen molar-refractivity contribution in [2.75, 3.05) is 26.2 Å². The van der Waals surface area contributed by atoms with Crippen LogP contribution in [-0.4, -0.2) is 65.9 Å². The first-order valence-electron chi connectivity index (χ1n) is 11.5. The molecule has 0 saturated carbocycles. The van der Waals surface area contributed by atoms with Gasteiger partial charge in [-0.1, -0.05) is 20.3 Å². The molecule has 0 aromatic heterocycles. The maximum Gasteiger partial charge on any atom is 0.416 e. The third-order valence-corrected chi connectivity index (χ3v) is 5.91. The molecule has 202 valence electrons. The number of amides is 4. The molecule has 0 radical (unpaired) electrons. The van der Waals surface area contributed by atoms with Gasteiger partial charge in [0.1, 0.15) is 6.04 Å². The molecule has 2 rings (SSSR count). The number of halogens is 6. The van der Waals surface area contributed by atoms with E-state index in [2.05, 4.69) is 10.6 Å². The number of hydrogen-bond acceptors (Lipinski definition) is 3. The molecular formula is C23H30F6N4O3. The maximum absolute atomic E-state index is 13.2. The molecule has 1 saturated heterocycles. The summed E-state index contributed by atoms with van der Waals surface area (Å²) in [6, 6.07) is -0.945. The zero-order valence-corrected chi connectivity index (χ0v) is 20.4. The molecule has 13 heteroatoms. The first-order chi connectivity index (χ1) is 16.5. The van der Waals surface area contributed by atoms with Crippen molar-refractivity contribution in [3.8, 4) is 0 Å². The zero-order valence-electron chi connectivity index (χ0n) is 20.4. The van der Waals surface area contributed by atoms with Gasteiger partial charge in [-0.25, -0.2) is 4.79 Å². The minimum atomic E-state index is -5.11. The Morgan fingerprint density at radius 3 is 1.72 bits per heavy atom. The summed E-state index contributed by atoms with van der Waals surface area (Å²) >= 11 is 0. The number of carbonyl (C=O) groups excluding carboxylic acids is 3. The van der Waals surface area contributed by atoms with Gasteiger partial charge < -0.3 is 20.4 Å². The van der Waals surface area contributed by atoms with Crippen molar-refractivity contribution in [3.63, 3.8) is 0 Å². The first kappa shape index (κ1) is 29.2. The van der Waals surface area contributed by atoms with Gasteiger partial charge in [-0.2, -0.15) is 26.3 Å². The lowest BCUT2D eigenvalue weighted by atomic mass is 9.96. The van der Waals surface area contributed by atoms with Crippen molar-refractivity contribution in [2.24, 2.45) is 5.92 Å². The standard InChI is InChI=1S/C23H30F6N4O3/c1-5-14(4)18(20(35)32-6-8-33(9-7-32)21(36)30-13(2)3)31-19(34)15-10-16(22(24,25)26)12-17(11-15)23(27,28)29/h10-14,18H,5-9H2,1-4H3,(H,30,36)(H,31,34). The van der Waals surface area contributed by atoms with Gasteiger partial charge in [-0.3, -0.25) is 9.59 Å². The molecule has 0 spiro atoms. The molecule has 1 aromatic rings. The van der Waals surface area contributed by atoms with Crippen LogP contribution >= 0.6 is 0 Å². The summed E-state index contributed by atoms with van der Waals surface area (Å²) in [7, 11) is 0. The Hall–Kier alpha value is -2.99. The lowest BCUT2D eigenvalue weighted by molar-refractivity contribution is -0.143. The van der Waals surface area contributed by atoms with Crippen molar-refractivity contribution >= 4 is 17.8 Å². The number of piperazine rings is 1. The minimum Gasteiger partial charge on any atom is -0.340 e. The van der Waals surface area contributed by atoms with E-state index in [-0.39, 0.29) is 44.3 Å². The van der Waals surface area contributed by atoms with Crippen LogP contribution in [0.2, 0.25) is 0 Å². The minimum absolute atomic E-state index is 0.0665. The second-order valence-corrected chi connectivity index (χ2v) is 9.05. The van der Waals surface area contributed by atoms with Gasteiger partial charge in [0.05, 0.1) is 11.1 Å². The van der Waals surface area contributed by atoms with Crippen molar-refractivity contribution in [3.05, 3.63) is 34.9 Å². The molecule has 0 bridgehead atoms. The Balaban J connectivity index is 2.23. The molecule has 1 aromatic carbocycles. The van der Waals surface area contributed by atoms with Gasteiger partial charge in [0.15, 0.2) is 0 Å². The van der Waals surface area contributed by atoms with E-state index in [9.17, 15) is 40.7 Å². The van der Waals surface area contributed by atoms with E-state index in [4.69, 9.17) is 0 Å². The topological polar surface area (TPSA) is 81.8 Å². The quantitative estimate of drug-likeness (QED) is 0.550. The number of benzene rings is 1. The van der Waals surface area contributed by atoms with Gasteiger partial charge in [-0.15, -0.1) is 0 Å². The third kappa shape index (κ3) is 7.50. The van der Waals surface area contributed by atoms with Crippen LogP contribution in [0.15, 0.2) is 18.2 Å². The van der Waals surface area contributed by atoms with Gasteiger partial charge >= 0.3 is 18.4 Å². The largest absolute Gasteiger partial charge is 0.416 e. The number of carbonyl (C=O) groups is 3. The summed E-state index contributed by atoms with van der Waals surface area (Å²) in [6.07, 6.45) is -9.81. The Morgan fingerprint density at radius 1 is 0.833 bits per heavy atom. The third-order valence-electron chi connectivity index (χ3n) is 5.91. The monoisotopic (exact) mass is 524 g/mol. The second kappa shape index (κ2) is 11.4. The molecule has 4 amide bonds. The SMILES string of the molecule is CCC(C)C(NC(=O)c1cc(C(F)(F)F)cc(C(F)(F)F)c1)C(=O)N1CCN(C(=O)NC(C)C)CC1. The molecule has 2 unspecified atom stereocenters. The predicted molar refractivity (Wildman–Crippen MR) is 119 cm³/mol. The first-order valence-corrected chi connectivity index (χ1v) is 11.5. The zero-order chi connectivity index (χ0) is 27.4. The Kier molecular flexibility index (Phi) is 9.24. The second-order valence-electron chi connectivity index (χ2n) is 9.05. The van der Waals surface area contributed by atoms with E-state index in [0.717, 1.165) is 0 Å².